The maximum atomic E-state index is 12.8. The zero-order valence-corrected chi connectivity index (χ0v) is 22.9. The molecule has 0 aliphatic rings. The third-order valence-corrected chi connectivity index (χ3v) is 8.50. The van der Waals surface area contributed by atoms with Gasteiger partial charge in [-0.1, -0.05) is 64.5 Å². The molecule has 4 aromatic carbocycles. The molecule has 4 rings (SSSR count). The van der Waals surface area contributed by atoms with Crippen LogP contribution in [0.25, 0.3) is 0 Å². The van der Waals surface area contributed by atoms with Gasteiger partial charge in [-0.05, 0) is 96.6 Å². The van der Waals surface area contributed by atoms with Crippen LogP contribution in [0.1, 0.15) is 29.8 Å². The quantitative estimate of drug-likeness (QED) is 0.122. The van der Waals surface area contributed by atoms with Crippen molar-refractivity contribution in [3.63, 3.8) is 0 Å². The molecule has 5 heteroatoms. The second-order valence-electron chi connectivity index (χ2n) is 8.01. The van der Waals surface area contributed by atoms with Crippen molar-refractivity contribution in [1.29, 1.82) is 0 Å². The molecule has 0 saturated carbocycles. The summed E-state index contributed by atoms with van der Waals surface area (Å²) < 4.78 is 7.76. The van der Waals surface area contributed by atoms with E-state index in [1.54, 1.807) is 6.07 Å². The van der Waals surface area contributed by atoms with Crippen molar-refractivity contribution in [2.75, 3.05) is 0 Å². The molecule has 166 valence electrons. The number of hydrogen-bond acceptors (Lipinski definition) is 2. The van der Waals surface area contributed by atoms with Crippen molar-refractivity contribution in [3.8, 4) is 0 Å². The summed E-state index contributed by atoms with van der Waals surface area (Å²) in [6.07, 6.45) is 0. The lowest BCUT2D eigenvalue weighted by Gasteiger charge is -2.26. The molecule has 0 radical (unpaired) electrons. The molecule has 0 aromatic heterocycles. The second-order valence-corrected chi connectivity index (χ2v) is 12.2. The van der Waals surface area contributed by atoms with Gasteiger partial charge < -0.3 is 4.74 Å². The first kappa shape index (κ1) is 24.0. The van der Waals surface area contributed by atoms with Gasteiger partial charge in [-0.15, -0.1) is 0 Å². The van der Waals surface area contributed by atoms with Crippen molar-refractivity contribution in [2.45, 2.75) is 34.1 Å². The normalized spacial score (nSPS) is 11.4. The third-order valence-electron chi connectivity index (χ3n) is 5.19. The van der Waals surface area contributed by atoms with Crippen LogP contribution in [0.3, 0.4) is 0 Å². The van der Waals surface area contributed by atoms with E-state index in [1.807, 2.05) is 38.1 Å². The maximum Gasteiger partial charge on any atom is 0.339 e. The SMILES string of the molecule is CC(C)(OC(=O)c1cc(Br)cc(I)c1)c1ccc([S+](c2ccccc2)c2ccccc2)cc1. The topological polar surface area (TPSA) is 26.3 Å². The Kier molecular flexibility index (Phi) is 7.62. The van der Waals surface area contributed by atoms with Crippen molar-refractivity contribution in [2.24, 2.45) is 0 Å². The average Bonchev–Trinajstić information content (AvgIpc) is 2.80. The lowest BCUT2D eigenvalue weighted by molar-refractivity contribution is -0.00316. The average molecular weight is 630 g/mol. The van der Waals surface area contributed by atoms with Gasteiger partial charge in [0.15, 0.2) is 14.7 Å². The molecule has 33 heavy (non-hydrogen) atoms. The van der Waals surface area contributed by atoms with E-state index in [-0.39, 0.29) is 16.9 Å². The number of carbonyl (C=O) groups is 1. The first-order valence-corrected chi connectivity index (χ1v) is 13.6. The molecule has 0 atom stereocenters. The highest BCUT2D eigenvalue weighted by Crippen LogP contribution is 2.33. The van der Waals surface area contributed by atoms with Crippen LogP contribution >= 0.6 is 38.5 Å². The fourth-order valence-corrected chi connectivity index (χ4v) is 7.21. The predicted octanol–water partition coefficient (Wildman–Crippen LogP) is 8.24. The Hall–Kier alpha value is -2.09. The molecule has 0 N–H and O–H groups in total. The van der Waals surface area contributed by atoms with E-state index < -0.39 is 5.60 Å². The summed E-state index contributed by atoms with van der Waals surface area (Å²) in [5.74, 6) is -0.336. The molecule has 0 amide bonds. The number of esters is 1. The van der Waals surface area contributed by atoms with E-state index in [0.29, 0.717) is 5.56 Å². The minimum Gasteiger partial charge on any atom is -0.451 e. The summed E-state index contributed by atoms with van der Waals surface area (Å²) in [6.45, 7) is 3.86. The summed E-state index contributed by atoms with van der Waals surface area (Å²) in [6, 6.07) is 35.1. The zero-order valence-electron chi connectivity index (χ0n) is 18.3. The van der Waals surface area contributed by atoms with E-state index in [2.05, 4.69) is 111 Å². The molecule has 0 bridgehead atoms. The van der Waals surface area contributed by atoms with Gasteiger partial charge >= 0.3 is 5.97 Å². The van der Waals surface area contributed by atoms with E-state index in [1.165, 1.54) is 14.7 Å². The van der Waals surface area contributed by atoms with Crippen molar-refractivity contribution >= 4 is 55.4 Å². The smallest absolute Gasteiger partial charge is 0.339 e. The minimum absolute atomic E-state index is 0.209. The van der Waals surface area contributed by atoms with Crippen LogP contribution in [0.2, 0.25) is 0 Å². The number of ether oxygens (including phenoxy) is 1. The van der Waals surface area contributed by atoms with Crippen molar-refractivity contribution in [1.82, 2.24) is 0 Å². The first-order chi connectivity index (χ1) is 15.8. The number of halogens is 2. The Labute approximate surface area is 220 Å². The monoisotopic (exact) mass is 629 g/mol. The van der Waals surface area contributed by atoms with Crippen LogP contribution in [0.5, 0.6) is 0 Å². The number of hydrogen-bond donors (Lipinski definition) is 0. The van der Waals surface area contributed by atoms with Crippen LogP contribution in [0, 0.1) is 3.57 Å². The van der Waals surface area contributed by atoms with Crippen LogP contribution in [0.15, 0.2) is 122 Å². The fourth-order valence-electron chi connectivity index (χ4n) is 3.54. The molecule has 0 aliphatic carbocycles. The van der Waals surface area contributed by atoms with Gasteiger partial charge in [0.25, 0.3) is 0 Å². The van der Waals surface area contributed by atoms with E-state index >= 15 is 0 Å². The number of carbonyl (C=O) groups excluding carboxylic acids is 1. The highest BCUT2D eigenvalue weighted by atomic mass is 127. The van der Waals surface area contributed by atoms with Gasteiger partial charge in [-0.25, -0.2) is 4.79 Å². The van der Waals surface area contributed by atoms with Gasteiger partial charge in [0.1, 0.15) is 5.60 Å². The van der Waals surface area contributed by atoms with Gasteiger partial charge in [-0.2, -0.15) is 0 Å². The summed E-state index contributed by atoms with van der Waals surface area (Å²) >= 11 is 5.65. The van der Waals surface area contributed by atoms with Gasteiger partial charge in [0, 0.05) is 8.04 Å². The van der Waals surface area contributed by atoms with Crippen molar-refractivity contribution < 1.29 is 9.53 Å². The molecule has 0 fully saturated rings. The number of benzene rings is 4. The third kappa shape index (κ3) is 5.89. The first-order valence-electron chi connectivity index (χ1n) is 10.5. The minimum atomic E-state index is -0.762. The highest BCUT2D eigenvalue weighted by Gasteiger charge is 2.31. The lowest BCUT2D eigenvalue weighted by atomic mass is 9.98. The van der Waals surface area contributed by atoms with Crippen LogP contribution in [-0.2, 0) is 21.2 Å². The molecular formula is C28H23BrIO2S+. The van der Waals surface area contributed by atoms with Gasteiger partial charge in [0.2, 0.25) is 0 Å². The molecule has 4 aromatic rings. The Balaban J connectivity index is 1.61. The Morgan fingerprint density at radius 3 is 1.82 bits per heavy atom. The summed E-state index contributed by atoms with van der Waals surface area (Å²) in [4.78, 5) is 16.6. The Bertz CT molecular complexity index is 1180. The summed E-state index contributed by atoms with van der Waals surface area (Å²) in [5, 5.41) is 0. The van der Waals surface area contributed by atoms with Gasteiger partial charge in [-0.3, -0.25) is 0 Å². The second kappa shape index (κ2) is 10.5. The molecule has 2 nitrogen and oxygen atoms in total. The maximum absolute atomic E-state index is 12.8. The fraction of sp³-hybridized carbons (Fsp3) is 0.107. The molecule has 0 unspecified atom stereocenters. The van der Waals surface area contributed by atoms with Crippen LogP contribution < -0.4 is 0 Å². The van der Waals surface area contributed by atoms with E-state index in [9.17, 15) is 4.79 Å². The molecule has 0 saturated heterocycles. The van der Waals surface area contributed by atoms with Gasteiger partial charge in [0.05, 0.1) is 16.5 Å². The van der Waals surface area contributed by atoms with Crippen LogP contribution in [-0.4, -0.2) is 5.97 Å². The Morgan fingerprint density at radius 2 is 1.30 bits per heavy atom. The van der Waals surface area contributed by atoms with Crippen LogP contribution in [0.4, 0.5) is 0 Å². The zero-order chi connectivity index (χ0) is 23.4. The number of rotatable bonds is 6. The lowest BCUT2D eigenvalue weighted by Crippen LogP contribution is -2.25. The molecule has 0 heterocycles. The summed E-state index contributed by atoms with van der Waals surface area (Å²) in [7, 11) is -0.209. The van der Waals surface area contributed by atoms with E-state index in [4.69, 9.17) is 4.74 Å². The predicted molar refractivity (Wildman–Crippen MR) is 147 cm³/mol. The largest absolute Gasteiger partial charge is 0.451 e. The van der Waals surface area contributed by atoms with E-state index in [0.717, 1.165) is 13.6 Å². The molecular weight excluding hydrogens is 607 g/mol. The summed E-state index contributed by atoms with van der Waals surface area (Å²) in [5.41, 5.74) is 0.726. The Morgan fingerprint density at radius 1 is 0.788 bits per heavy atom. The standard InChI is InChI=1S/C28H23BrIO2S/c1-28(2,32-27(31)20-17-22(29)19-23(30)18-20)21-13-15-26(16-14-21)33(24-9-5-3-6-10-24)25-11-7-4-8-12-25/h3-19H,1-2H3/q+1. The molecule has 0 aliphatic heterocycles. The highest BCUT2D eigenvalue weighted by molar-refractivity contribution is 14.1. The molecule has 0 spiro atoms. The van der Waals surface area contributed by atoms with Crippen molar-refractivity contribution in [3.05, 3.63) is 122 Å².